The SMILES string of the molecule is C[C@@H](C(=O)NCCCN1CCN(c2ncccn2)CC1)n1ccnc1. The van der Waals surface area contributed by atoms with Crippen LogP contribution < -0.4 is 10.2 Å². The fraction of sp³-hybridized carbons (Fsp3) is 0.529. The maximum Gasteiger partial charge on any atom is 0.242 e. The van der Waals surface area contributed by atoms with Gasteiger partial charge in [-0.2, -0.15) is 0 Å². The molecule has 1 aliphatic rings. The minimum atomic E-state index is -0.225. The van der Waals surface area contributed by atoms with E-state index in [-0.39, 0.29) is 11.9 Å². The second kappa shape index (κ2) is 8.57. The summed E-state index contributed by atoms with van der Waals surface area (Å²) in [4.78, 5) is 29.3. The Morgan fingerprint density at radius 3 is 2.64 bits per heavy atom. The van der Waals surface area contributed by atoms with E-state index in [4.69, 9.17) is 0 Å². The van der Waals surface area contributed by atoms with Gasteiger partial charge in [0.2, 0.25) is 11.9 Å². The van der Waals surface area contributed by atoms with Crippen molar-refractivity contribution in [1.29, 1.82) is 0 Å². The second-order valence-corrected chi connectivity index (χ2v) is 6.21. The van der Waals surface area contributed by atoms with Crippen molar-refractivity contribution in [2.75, 3.05) is 44.2 Å². The molecule has 3 heterocycles. The largest absolute Gasteiger partial charge is 0.354 e. The van der Waals surface area contributed by atoms with E-state index in [2.05, 4.69) is 30.1 Å². The molecular formula is C17H25N7O. The highest BCUT2D eigenvalue weighted by Crippen LogP contribution is 2.09. The van der Waals surface area contributed by atoms with Gasteiger partial charge in [-0.05, 0) is 26.0 Å². The smallest absolute Gasteiger partial charge is 0.242 e. The van der Waals surface area contributed by atoms with Gasteiger partial charge in [0.25, 0.3) is 0 Å². The molecule has 1 fully saturated rings. The van der Waals surface area contributed by atoms with Crippen LogP contribution in [0.25, 0.3) is 0 Å². The quantitative estimate of drug-likeness (QED) is 0.740. The van der Waals surface area contributed by atoms with Crippen LogP contribution in [-0.2, 0) is 4.79 Å². The van der Waals surface area contributed by atoms with E-state index in [9.17, 15) is 4.79 Å². The molecule has 1 atom stereocenters. The lowest BCUT2D eigenvalue weighted by molar-refractivity contribution is -0.123. The number of piperazine rings is 1. The third-order valence-corrected chi connectivity index (χ3v) is 4.51. The number of amides is 1. The third-order valence-electron chi connectivity index (χ3n) is 4.51. The van der Waals surface area contributed by atoms with Crippen molar-refractivity contribution in [2.45, 2.75) is 19.4 Å². The molecule has 1 aliphatic heterocycles. The molecule has 2 aromatic rings. The fourth-order valence-corrected chi connectivity index (χ4v) is 2.92. The first-order chi connectivity index (χ1) is 12.2. The normalized spacial score (nSPS) is 16.6. The number of nitrogens with zero attached hydrogens (tertiary/aromatic N) is 6. The summed E-state index contributed by atoms with van der Waals surface area (Å²) in [6.07, 6.45) is 9.67. The topological polar surface area (TPSA) is 79.2 Å². The first-order valence-corrected chi connectivity index (χ1v) is 8.73. The van der Waals surface area contributed by atoms with Gasteiger partial charge in [-0.1, -0.05) is 0 Å². The Morgan fingerprint density at radius 1 is 1.20 bits per heavy atom. The number of anilines is 1. The number of imidazole rings is 1. The molecule has 134 valence electrons. The van der Waals surface area contributed by atoms with Crippen LogP contribution in [0.4, 0.5) is 5.95 Å². The summed E-state index contributed by atoms with van der Waals surface area (Å²) in [5.74, 6) is 0.840. The van der Waals surface area contributed by atoms with Crippen LogP contribution in [-0.4, -0.2) is 69.6 Å². The summed E-state index contributed by atoms with van der Waals surface area (Å²) >= 11 is 0. The molecule has 0 aliphatic carbocycles. The zero-order valence-electron chi connectivity index (χ0n) is 14.6. The number of rotatable bonds is 7. The Labute approximate surface area is 147 Å². The van der Waals surface area contributed by atoms with Crippen molar-refractivity contribution < 1.29 is 4.79 Å². The van der Waals surface area contributed by atoms with Crippen LogP contribution in [0.15, 0.2) is 37.2 Å². The summed E-state index contributed by atoms with van der Waals surface area (Å²) in [7, 11) is 0. The molecule has 3 rings (SSSR count). The van der Waals surface area contributed by atoms with Crippen LogP contribution in [0.5, 0.6) is 0 Å². The maximum absolute atomic E-state index is 12.1. The van der Waals surface area contributed by atoms with Gasteiger partial charge in [-0.25, -0.2) is 15.0 Å². The lowest BCUT2D eigenvalue weighted by Gasteiger charge is -2.34. The van der Waals surface area contributed by atoms with Gasteiger partial charge in [-0.3, -0.25) is 9.69 Å². The minimum Gasteiger partial charge on any atom is -0.354 e. The number of nitrogens with one attached hydrogen (secondary N) is 1. The average molecular weight is 343 g/mol. The fourth-order valence-electron chi connectivity index (χ4n) is 2.92. The van der Waals surface area contributed by atoms with Gasteiger partial charge < -0.3 is 14.8 Å². The highest BCUT2D eigenvalue weighted by atomic mass is 16.2. The third kappa shape index (κ3) is 4.76. The van der Waals surface area contributed by atoms with E-state index >= 15 is 0 Å². The Hall–Kier alpha value is -2.48. The van der Waals surface area contributed by atoms with Crippen LogP contribution in [0.2, 0.25) is 0 Å². The second-order valence-electron chi connectivity index (χ2n) is 6.21. The Bertz CT molecular complexity index is 638. The van der Waals surface area contributed by atoms with Crippen molar-refractivity contribution in [3.8, 4) is 0 Å². The van der Waals surface area contributed by atoms with Gasteiger partial charge in [0.05, 0.1) is 6.33 Å². The number of hydrogen-bond donors (Lipinski definition) is 1. The van der Waals surface area contributed by atoms with E-state index in [1.54, 1.807) is 35.7 Å². The molecule has 0 radical (unpaired) electrons. The van der Waals surface area contributed by atoms with Gasteiger partial charge in [0.1, 0.15) is 6.04 Å². The Morgan fingerprint density at radius 2 is 1.96 bits per heavy atom. The summed E-state index contributed by atoms with van der Waals surface area (Å²) < 4.78 is 1.81. The summed E-state index contributed by atoms with van der Waals surface area (Å²) in [6.45, 7) is 7.43. The molecule has 0 aromatic carbocycles. The molecule has 8 heteroatoms. The van der Waals surface area contributed by atoms with E-state index in [1.165, 1.54) is 0 Å². The molecule has 1 N–H and O–H groups in total. The molecule has 25 heavy (non-hydrogen) atoms. The lowest BCUT2D eigenvalue weighted by Crippen LogP contribution is -2.47. The highest BCUT2D eigenvalue weighted by Gasteiger charge is 2.18. The highest BCUT2D eigenvalue weighted by molar-refractivity contribution is 5.79. The average Bonchev–Trinajstić information content (AvgIpc) is 3.20. The molecule has 2 aromatic heterocycles. The van der Waals surface area contributed by atoms with Gasteiger partial charge in [0, 0.05) is 57.5 Å². The molecule has 8 nitrogen and oxygen atoms in total. The molecule has 0 spiro atoms. The molecule has 1 saturated heterocycles. The standard InChI is InChI=1S/C17H25N7O/c1-15(24-9-7-18-14-24)16(25)19-6-3-8-22-10-12-23(13-11-22)17-20-4-2-5-21-17/h2,4-5,7,9,14-15H,3,6,8,10-13H2,1H3,(H,19,25)/t15-/m0/s1. The van der Waals surface area contributed by atoms with Gasteiger partial charge in [0.15, 0.2) is 0 Å². The number of carbonyl (C=O) groups is 1. The van der Waals surface area contributed by atoms with Crippen molar-refractivity contribution >= 4 is 11.9 Å². The Balaban J connectivity index is 1.32. The van der Waals surface area contributed by atoms with Crippen LogP contribution in [0, 0.1) is 0 Å². The van der Waals surface area contributed by atoms with Crippen molar-refractivity contribution in [1.82, 2.24) is 29.7 Å². The summed E-state index contributed by atoms with van der Waals surface area (Å²) in [5, 5.41) is 3.00. The first-order valence-electron chi connectivity index (χ1n) is 8.73. The summed E-state index contributed by atoms with van der Waals surface area (Å²) in [6, 6.07) is 1.61. The molecular weight excluding hydrogens is 318 g/mol. The van der Waals surface area contributed by atoms with Crippen molar-refractivity contribution in [3.63, 3.8) is 0 Å². The maximum atomic E-state index is 12.1. The Kier molecular flexibility index (Phi) is 5.95. The first kappa shape index (κ1) is 17.3. The summed E-state index contributed by atoms with van der Waals surface area (Å²) in [5.41, 5.74) is 0. The van der Waals surface area contributed by atoms with Crippen LogP contribution in [0.1, 0.15) is 19.4 Å². The molecule has 0 bridgehead atoms. The van der Waals surface area contributed by atoms with E-state index in [0.29, 0.717) is 6.54 Å². The molecule has 1 amide bonds. The number of aromatic nitrogens is 4. The van der Waals surface area contributed by atoms with E-state index < -0.39 is 0 Å². The lowest BCUT2D eigenvalue weighted by atomic mass is 10.2. The van der Waals surface area contributed by atoms with Crippen LogP contribution >= 0.6 is 0 Å². The van der Waals surface area contributed by atoms with Crippen LogP contribution in [0.3, 0.4) is 0 Å². The van der Waals surface area contributed by atoms with E-state index in [0.717, 1.165) is 45.1 Å². The van der Waals surface area contributed by atoms with Gasteiger partial charge in [-0.15, -0.1) is 0 Å². The number of hydrogen-bond acceptors (Lipinski definition) is 6. The minimum absolute atomic E-state index is 0.0315. The predicted octanol–water partition coefficient (Wildman–Crippen LogP) is 0.563. The zero-order chi connectivity index (χ0) is 17.5. The molecule has 0 unspecified atom stereocenters. The zero-order valence-corrected chi connectivity index (χ0v) is 14.6. The monoisotopic (exact) mass is 343 g/mol. The van der Waals surface area contributed by atoms with Crippen molar-refractivity contribution in [3.05, 3.63) is 37.2 Å². The molecule has 0 saturated carbocycles. The van der Waals surface area contributed by atoms with Gasteiger partial charge >= 0.3 is 0 Å². The predicted molar refractivity (Wildman–Crippen MR) is 95.2 cm³/mol. The van der Waals surface area contributed by atoms with E-state index in [1.807, 2.05) is 13.0 Å². The number of carbonyl (C=O) groups excluding carboxylic acids is 1. The van der Waals surface area contributed by atoms with Crippen molar-refractivity contribution in [2.24, 2.45) is 0 Å².